The third kappa shape index (κ3) is 3.40. The van der Waals surface area contributed by atoms with E-state index in [0.717, 1.165) is 23.4 Å². The molecule has 2 aromatic rings. The van der Waals surface area contributed by atoms with E-state index >= 15 is 0 Å². The molecular formula is C20H22ClN3O2. The van der Waals surface area contributed by atoms with E-state index in [0.29, 0.717) is 5.02 Å². The van der Waals surface area contributed by atoms with Crippen LogP contribution >= 0.6 is 11.6 Å². The van der Waals surface area contributed by atoms with Crippen LogP contribution in [0.1, 0.15) is 49.4 Å². The highest BCUT2D eigenvalue weighted by Gasteiger charge is 2.30. The lowest BCUT2D eigenvalue weighted by molar-refractivity contribution is 0.0927. The number of allylic oxidation sites excluding steroid dienone is 1. The Morgan fingerprint density at radius 1 is 1.42 bits per heavy atom. The molecule has 3 rings (SSSR count). The van der Waals surface area contributed by atoms with Crippen molar-refractivity contribution in [3.05, 3.63) is 58.5 Å². The van der Waals surface area contributed by atoms with Crippen molar-refractivity contribution in [2.75, 3.05) is 11.4 Å². The third-order valence-corrected chi connectivity index (χ3v) is 4.85. The zero-order valence-electron chi connectivity index (χ0n) is 15.3. The molecule has 136 valence electrons. The first kappa shape index (κ1) is 18.3. The Kier molecular flexibility index (Phi) is 4.92. The number of carbonyl (C=O) groups excluding carboxylic acids is 1. The Morgan fingerprint density at radius 2 is 2.19 bits per heavy atom. The molecule has 0 atom stereocenters. The molecule has 26 heavy (non-hydrogen) atoms. The Morgan fingerprint density at radius 3 is 2.85 bits per heavy atom. The molecule has 1 aliphatic rings. The molecule has 1 N–H and O–H groups in total. The van der Waals surface area contributed by atoms with Gasteiger partial charge in [0, 0.05) is 23.4 Å². The lowest BCUT2D eigenvalue weighted by Gasteiger charge is -2.43. The largest absolute Gasteiger partial charge is 0.459 e. The topological polar surface area (TPSA) is 57.8 Å². The number of likely N-dealkylation sites (N-methyl/N-ethyl adjacent to an activating group) is 1. The van der Waals surface area contributed by atoms with Gasteiger partial charge in [0.15, 0.2) is 5.76 Å². The van der Waals surface area contributed by atoms with E-state index in [1.807, 2.05) is 12.1 Å². The number of hydrogen-bond donors (Lipinski definition) is 1. The number of rotatable bonds is 4. The van der Waals surface area contributed by atoms with Gasteiger partial charge in [-0.15, -0.1) is 0 Å². The van der Waals surface area contributed by atoms with Gasteiger partial charge < -0.3 is 9.32 Å². The molecule has 1 aliphatic heterocycles. The summed E-state index contributed by atoms with van der Waals surface area (Å²) in [7, 11) is 0. The Labute approximate surface area is 158 Å². The average molecular weight is 372 g/mol. The van der Waals surface area contributed by atoms with Crippen LogP contribution in [0.5, 0.6) is 0 Å². The second-order valence-electron chi connectivity index (χ2n) is 6.79. The number of anilines is 1. The van der Waals surface area contributed by atoms with E-state index in [1.54, 1.807) is 18.3 Å². The van der Waals surface area contributed by atoms with Crippen LogP contribution in [0, 0.1) is 0 Å². The quantitative estimate of drug-likeness (QED) is 0.625. The fraction of sp³-hybridized carbons (Fsp3) is 0.300. The predicted molar refractivity (Wildman–Crippen MR) is 106 cm³/mol. The van der Waals surface area contributed by atoms with Gasteiger partial charge >= 0.3 is 5.91 Å². The first-order chi connectivity index (χ1) is 12.3. The average Bonchev–Trinajstić information content (AvgIpc) is 3.10. The lowest BCUT2D eigenvalue weighted by Crippen LogP contribution is -2.44. The lowest BCUT2D eigenvalue weighted by atomic mass is 9.88. The van der Waals surface area contributed by atoms with Crippen molar-refractivity contribution in [3.63, 3.8) is 0 Å². The minimum absolute atomic E-state index is 0.0677. The summed E-state index contributed by atoms with van der Waals surface area (Å²) in [6, 6.07) is 7.19. The van der Waals surface area contributed by atoms with Gasteiger partial charge in [0.1, 0.15) is 0 Å². The van der Waals surface area contributed by atoms with E-state index in [4.69, 9.17) is 16.0 Å². The third-order valence-electron chi connectivity index (χ3n) is 4.53. The molecule has 1 aromatic heterocycles. The molecular weight excluding hydrogens is 350 g/mol. The number of furan rings is 1. The smallest absolute Gasteiger partial charge is 0.307 e. The second-order valence-corrected chi connectivity index (χ2v) is 7.20. The molecule has 0 spiro atoms. The van der Waals surface area contributed by atoms with Gasteiger partial charge in [-0.25, -0.2) is 5.43 Å². The Balaban J connectivity index is 1.88. The van der Waals surface area contributed by atoms with Crippen LogP contribution in [0.2, 0.25) is 5.02 Å². The van der Waals surface area contributed by atoms with Crippen molar-refractivity contribution in [3.8, 4) is 0 Å². The molecule has 0 saturated heterocycles. The number of amides is 1. The van der Waals surface area contributed by atoms with Crippen molar-refractivity contribution < 1.29 is 9.21 Å². The van der Waals surface area contributed by atoms with Gasteiger partial charge in [0.25, 0.3) is 0 Å². The molecule has 0 bridgehead atoms. The fourth-order valence-corrected chi connectivity index (χ4v) is 3.62. The van der Waals surface area contributed by atoms with E-state index in [-0.39, 0.29) is 11.3 Å². The molecule has 1 aromatic carbocycles. The number of nitrogens with one attached hydrogen (secondary N) is 1. The number of nitrogens with zero attached hydrogens (tertiary/aromatic N) is 2. The maximum absolute atomic E-state index is 11.9. The molecule has 0 fully saturated rings. The highest BCUT2D eigenvalue weighted by molar-refractivity contribution is 6.33. The summed E-state index contributed by atoms with van der Waals surface area (Å²) < 4.78 is 5.03. The van der Waals surface area contributed by atoms with E-state index < -0.39 is 5.91 Å². The predicted octanol–water partition coefficient (Wildman–Crippen LogP) is 4.72. The van der Waals surface area contributed by atoms with Gasteiger partial charge in [0.05, 0.1) is 23.0 Å². The second kappa shape index (κ2) is 7.00. The maximum atomic E-state index is 11.9. The van der Waals surface area contributed by atoms with Crippen LogP contribution < -0.4 is 10.3 Å². The number of benzene rings is 1. The van der Waals surface area contributed by atoms with Crippen molar-refractivity contribution in [2.24, 2.45) is 5.10 Å². The minimum atomic E-state index is -0.407. The zero-order chi connectivity index (χ0) is 18.9. The number of hydrazone groups is 1. The number of fused-ring (bicyclic) bond motifs is 1. The number of carbonyl (C=O) groups is 1. The van der Waals surface area contributed by atoms with Crippen LogP contribution in [0.15, 0.2) is 46.1 Å². The summed E-state index contributed by atoms with van der Waals surface area (Å²) in [5.41, 5.74) is 6.54. The highest BCUT2D eigenvalue weighted by atomic mass is 35.5. The minimum Gasteiger partial charge on any atom is -0.459 e. The van der Waals surface area contributed by atoms with Crippen molar-refractivity contribution in [2.45, 2.75) is 33.2 Å². The van der Waals surface area contributed by atoms with Crippen LogP contribution in [-0.2, 0) is 0 Å². The van der Waals surface area contributed by atoms with Gasteiger partial charge in [-0.2, -0.15) is 5.10 Å². The van der Waals surface area contributed by atoms with Crippen molar-refractivity contribution in [1.82, 2.24) is 5.43 Å². The standard InChI is InChI=1S/C20H22ClN3O2/c1-5-24-17-10-16(21)14(9-15(17)13(2)11-20(24,3)4)12-22-23-19(25)18-7-6-8-26-18/h6-12H,5H2,1-4H3,(H,23,25)/b22-12+. The van der Waals surface area contributed by atoms with Crippen LogP contribution in [0.4, 0.5) is 5.69 Å². The molecule has 0 saturated carbocycles. The van der Waals surface area contributed by atoms with E-state index in [9.17, 15) is 4.79 Å². The van der Waals surface area contributed by atoms with E-state index in [1.165, 1.54) is 11.8 Å². The molecule has 5 nitrogen and oxygen atoms in total. The van der Waals surface area contributed by atoms with Gasteiger partial charge in [0.2, 0.25) is 0 Å². The van der Waals surface area contributed by atoms with Gasteiger partial charge in [-0.3, -0.25) is 4.79 Å². The molecule has 1 amide bonds. The van der Waals surface area contributed by atoms with Crippen LogP contribution in [-0.4, -0.2) is 24.2 Å². The fourth-order valence-electron chi connectivity index (χ4n) is 3.41. The zero-order valence-corrected chi connectivity index (χ0v) is 16.1. The summed E-state index contributed by atoms with van der Waals surface area (Å²) >= 11 is 6.47. The first-order valence-corrected chi connectivity index (χ1v) is 8.89. The van der Waals surface area contributed by atoms with Gasteiger partial charge in [-0.05, 0) is 57.5 Å². The van der Waals surface area contributed by atoms with Crippen LogP contribution in [0.3, 0.4) is 0 Å². The Bertz CT molecular complexity index is 883. The molecule has 0 radical (unpaired) electrons. The van der Waals surface area contributed by atoms with E-state index in [2.05, 4.69) is 49.2 Å². The van der Waals surface area contributed by atoms with Crippen LogP contribution in [0.25, 0.3) is 5.57 Å². The highest BCUT2D eigenvalue weighted by Crippen LogP contribution is 2.40. The summed E-state index contributed by atoms with van der Waals surface area (Å²) in [6.45, 7) is 9.49. The molecule has 0 unspecified atom stereocenters. The SMILES string of the molecule is CCN1c2cc(Cl)c(/C=N/NC(=O)c3ccco3)cc2C(C)=CC1(C)C. The van der Waals surface area contributed by atoms with Crippen molar-refractivity contribution >= 4 is 35.0 Å². The maximum Gasteiger partial charge on any atom is 0.307 e. The number of hydrogen-bond acceptors (Lipinski definition) is 4. The first-order valence-electron chi connectivity index (χ1n) is 8.51. The summed E-state index contributed by atoms with van der Waals surface area (Å²) in [5, 5.41) is 4.58. The molecule has 2 heterocycles. The van der Waals surface area contributed by atoms with Gasteiger partial charge in [-0.1, -0.05) is 17.7 Å². The number of halogens is 1. The summed E-state index contributed by atoms with van der Waals surface area (Å²) in [6.07, 6.45) is 5.24. The summed E-state index contributed by atoms with van der Waals surface area (Å²) in [4.78, 5) is 14.2. The molecule has 6 heteroatoms. The normalized spacial score (nSPS) is 15.7. The summed E-state index contributed by atoms with van der Waals surface area (Å²) in [5.74, 6) is -0.200. The Hall–Kier alpha value is -2.53. The monoisotopic (exact) mass is 371 g/mol. The molecule has 0 aliphatic carbocycles. The van der Waals surface area contributed by atoms with Crippen molar-refractivity contribution in [1.29, 1.82) is 0 Å².